The van der Waals surface area contributed by atoms with Crippen molar-refractivity contribution in [2.75, 3.05) is 39.0 Å². The van der Waals surface area contributed by atoms with Crippen LogP contribution in [0, 0.1) is 0 Å². The summed E-state index contributed by atoms with van der Waals surface area (Å²) in [6.07, 6.45) is -3.08. The molecule has 3 N–H and O–H groups in total. The van der Waals surface area contributed by atoms with E-state index in [1.165, 1.54) is 18.2 Å². The van der Waals surface area contributed by atoms with Gasteiger partial charge >= 0.3 is 12.1 Å². The van der Waals surface area contributed by atoms with Gasteiger partial charge < -0.3 is 20.4 Å². The quantitative estimate of drug-likeness (QED) is 0.351. The van der Waals surface area contributed by atoms with Gasteiger partial charge in [0, 0.05) is 18.5 Å². The van der Waals surface area contributed by atoms with E-state index in [4.69, 9.17) is 10.5 Å². The van der Waals surface area contributed by atoms with Gasteiger partial charge in [-0.1, -0.05) is 26.0 Å². The Hall–Kier alpha value is -3.12. The third-order valence-corrected chi connectivity index (χ3v) is 6.21. The summed E-state index contributed by atoms with van der Waals surface area (Å²) in [6, 6.07) is 9.10. The molecule has 0 bridgehead atoms. The highest BCUT2D eigenvalue weighted by molar-refractivity contribution is 7.90. The molecule has 0 saturated carbocycles. The van der Waals surface area contributed by atoms with Gasteiger partial charge in [0.25, 0.3) is 0 Å². The SMILES string of the molecule is CCN(CC)CCOC(=O)CN=C(/C=C(\N)C(F)(F)F)c1ccc(-c2cccc(S(C)(=O)=O)c2)[nH]1. The molecule has 0 atom stereocenters. The maximum absolute atomic E-state index is 13.0. The van der Waals surface area contributed by atoms with Crippen molar-refractivity contribution in [3.8, 4) is 11.3 Å². The van der Waals surface area contributed by atoms with Crippen LogP contribution in [-0.2, 0) is 19.4 Å². The predicted molar refractivity (Wildman–Crippen MR) is 128 cm³/mol. The minimum atomic E-state index is -4.79. The second-order valence-corrected chi connectivity index (χ2v) is 9.65. The van der Waals surface area contributed by atoms with Gasteiger partial charge in [-0.3, -0.25) is 9.79 Å². The molecule has 0 amide bonds. The smallest absolute Gasteiger partial charge is 0.430 e. The lowest BCUT2D eigenvalue weighted by molar-refractivity contribution is -0.142. The standard InChI is InChI=1S/C23H29F3N4O4S/c1-4-30(5-2)11-12-34-22(31)15-28-20(14-21(27)23(24,25)26)19-10-9-18(29-19)16-7-6-8-17(13-16)35(3,32)33/h6-10,13-14,29H,4-5,11-12,15,27H2,1-3H3/b21-14-,28-20?. The summed E-state index contributed by atoms with van der Waals surface area (Å²) in [4.78, 5) is 21.1. The number of likely N-dealkylation sites (N-methyl/N-ethyl adjacent to an activating group) is 1. The van der Waals surface area contributed by atoms with Crippen molar-refractivity contribution in [3.63, 3.8) is 0 Å². The molecule has 0 unspecified atom stereocenters. The van der Waals surface area contributed by atoms with Crippen molar-refractivity contribution in [1.29, 1.82) is 0 Å². The van der Waals surface area contributed by atoms with Gasteiger partial charge in [0.15, 0.2) is 9.84 Å². The number of hydrogen-bond donors (Lipinski definition) is 2. The molecule has 0 aliphatic heterocycles. The summed E-state index contributed by atoms with van der Waals surface area (Å²) in [6.45, 7) is 5.69. The Morgan fingerprint density at radius 1 is 1.20 bits per heavy atom. The van der Waals surface area contributed by atoms with Gasteiger partial charge in [-0.25, -0.2) is 8.42 Å². The first-order valence-electron chi connectivity index (χ1n) is 10.8. The predicted octanol–water partition coefficient (Wildman–Crippen LogP) is 3.16. The number of nitrogens with two attached hydrogens (primary N) is 1. The van der Waals surface area contributed by atoms with Crippen LogP contribution in [0.4, 0.5) is 13.2 Å². The number of aliphatic imine (C=N–C) groups is 1. The monoisotopic (exact) mass is 514 g/mol. The number of ether oxygens (including phenoxy) is 1. The van der Waals surface area contributed by atoms with Gasteiger partial charge in [0.1, 0.15) is 18.8 Å². The van der Waals surface area contributed by atoms with Crippen LogP contribution < -0.4 is 5.73 Å². The van der Waals surface area contributed by atoms with Gasteiger partial charge in [-0.15, -0.1) is 0 Å². The maximum Gasteiger partial charge on any atom is 0.430 e. The number of carbonyl (C=O) groups excluding carboxylic acids is 1. The Labute approximate surface area is 202 Å². The minimum Gasteiger partial charge on any atom is -0.463 e. The molecule has 1 aromatic heterocycles. The highest BCUT2D eigenvalue weighted by Gasteiger charge is 2.32. The summed E-state index contributed by atoms with van der Waals surface area (Å²) < 4.78 is 67.9. The van der Waals surface area contributed by atoms with Crippen molar-refractivity contribution in [2.24, 2.45) is 10.7 Å². The molecule has 1 aromatic carbocycles. The molecule has 0 fully saturated rings. The van der Waals surface area contributed by atoms with Crippen LogP contribution >= 0.6 is 0 Å². The zero-order valence-electron chi connectivity index (χ0n) is 19.7. The Bertz CT molecular complexity index is 1180. The van der Waals surface area contributed by atoms with E-state index in [0.29, 0.717) is 23.9 Å². The summed E-state index contributed by atoms with van der Waals surface area (Å²) in [5.41, 5.74) is 4.69. The fraction of sp³-hybridized carbons (Fsp3) is 0.391. The third-order valence-electron chi connectivity index (χ3n) is 5.10. The molecular formula is C23H29F3N4O4S. The number of alkyl halides is 3. The number of esters is 1. The number of H-pyrrole nitrogens is 1. The lowest BCUT2D eigenvalue weighted by atomic mass is 10.2. The number of halogens is 3. The van der Waals surface area contributed by atoms with Crippen LogP contribution in [0.2, 0.25) is 0 Å². The van der Waals surface area contributed by atoms with Crippen molar-refractivity contribution >= 4 is 21.5 Å². The van der Waals surface area contributed by atoms with E-state index in [-0.39, 0.29) is 22.9 Å². The summed E-state index contributed by atoms with van der Waals surface area (Å²) >= 11 is 0. The number of hydrogen-bond acceptors (Lipinski definition) is 7. The zero-order chi connectivity index (χ0) is 26.2. The topological polar surface area (TPSA) is 118 Å². The lowest BCUT2D eigenvalue weighted by Crippen LogP contribution is -2.28. The van der Waals surface area contributed by atoms with Gasteiger partial charge in [0.2, 0.25) is 0 Å². The van der Waals surface area contributed by atoms with E-state index in [1.54, 1.807) is 18.2 Å². The van der Waals surface area contributed by atoms with Gasteiger partial charge in [-0.2, -0.15) is 13.2 Å². The van der Waals surface area contributed by atoms with Crippen molar-refractivity contribution in [3.05, 3.63) is 53.9 Å². The average molecular weight is 515 g/mol. The molecule has 192 valence electrons. The van der Waals surface area contributed by atoms with Crippen LogP contribution in [-0.4, -0.2) is 75.2 Å². The Balaban J connectivity index is 2.29. The molecular weight excluding hydrogens is 485 g/mol. The first-order valence-corrected chi connectivity index (χ1v) is 12.7. The zero-order valence-corrected chi connectivity index (χ0v) is 20.5. The highest BCUT2D eigenvalue weighted by Crippen LogP contribution is 2.24. The van der Waals surface area contributed by atoms with Crippen molar-refractivity contribution in [2.45, 2.75) is 24.9 Å². The number of carbonyl (C=O) groups is 1. The van der Waals surface area contributed by atoms with Crippen LogP contribution in [0.1, 0.15) is 19.5 Å². The summed E-state index contributed by atoms with van der Waals surface area (Å²) in [5.74, 6) is -0.693. The number of nitrogens with zero attached hydrogens (tertiary/aromatic N) is 2. The van der Waals surface area contributed by atoms with E-state index < -0.39 is 34.2 Å². The molecule has 1 heterocycles. The molecule has 12 heteroatoms. The van der Waals surface area contributed by atoms with E-state index in [0.717, 1.165) is 19.3 Å². The van der Waals surface area contributed by atoms with Crippen LogP contribution in [0.25, 0.3) is 11.3 Å². The average Bonchev–Trinajstić information content (AvgIpc) is 3.28. The van der Waals surface area contributed by atoms with Gasteiger partial charge in [0.05, 0.1) is 16.3 Å². The first-order chi connectivity index (χ1) is 16.3. The molecule has 35 heavy (non-hydrogen) atoms. The Morgan fingerprint density at radius 3 is 2.49 bits per heavy atom. The molecule has 0 aliphatic rings. The molecule has 2 rings (SSSR count). The highest BCUT2D eigenvalue weighted by atomic mass is 32.2. The third kappa shape index (κ3) is 8.55. The fourth-order valence-electron chi connectivity index (χ4n) is 3.07. The number of aromatic nitrogens is 1. The largest absolute Gasteiger partial charge is 0.463 e. The number of allylic oxidation sites excluding steroid dienone is 2. The second-order valence-electron chi connectivity index (χ2n) is 7.63. The molecule has 0 radical (unpaired) electrons. The Kier molecular flexibility index (Phi) is 9.66. The van der Waals surface area contributed by atoms with Crippen LogP contribution in [0.15, 0.2) is 58.1 Å². The second kappa shape index (κ2) is 12.0. The first kappa shape index (κ1) is 28.1. The van der Waals surface area contributed by atoms with E-state index in [1.807, 2.05) is 18.7 Å². The molecule has 0 spiro atoms. The molecule has 8 nitrogen and oxygen atoms in total. The molecule has 0 aliphatic carbocycles. The van der Waals surface area contributed by atoms with Crippen LogP contribution in [0.5, 0.6) is 0 Å². The number of aromatic amines is 1. The minimum absolute atomic E-state index is 0.0914. The van der Waals surface area contributed by atoms with E-state index in [9.17, 15) is 26.4 Å². The number of sulfone groups is 1. The summed E-state index contributed by atoms with van der Waals surface area (Å²) in [5, 5.41) is 0. The molecule has 0 saturated heterocycles. The summed E-state index contributed by atoms with van der Waals surface area (Å²) in [7, 11) is -3.45. The van der Waals surface area contributed by atoms with Crippen LogP contribution in [0.3, 0.4) is 0 Å². The van der Waals surface area contributed by atoms with Crippen molar-refractivity contribution < 1.29 is 31.1 Å². The molecule has 2 aromatic rings. The number of rotatable bonds is 11. The van der Waals surface area contributed by atoms with Crippen molar-refractivity contribution in [1.82, 2.24) is 9.88 Å². The number of benzene rings is 1. The van der Waals surface area contributed by atoms with E-state index in [2.05, 4.69) is 9.98 Å². The lowest BCUT2D eigenvalue weighted by Gasteiger charge is -2.17. The maximum atomic E-state index is 13.0. The Morgan fingerprint density at radius 2 is 1.89 bits per heavy atom. The normalized spacial score (nSPS) is 13.3. The number of nitrogens with one attached hydrogen (secondary N) is 1. The van der Waals surface area contributed by atoms with E-state index >= 15 is 0 Å². The van der Waals surface area contributed by atoms with Gasteiger partial charge in [-0.05, 0) is 49.0 Å². The fourth-order valence-corrected chi connectivity index (χ4v) is 3.74.